The number of carbonyl (C=O) groups excluding carboxylic acids is 4. The van der Waals surface area contributed by atoms with Crippen molar-refractivity contribution in [1.29, 1.82) is 5.26 Å². The molecule has 0 aromatic heterocycles. The second-order valence-electron chi connectivity index (χ2n) is 8.82. The monoisotopic (exact) mass is 495 g/mol. The molecular weight excluding hydrogens is 470 g/mol. The molecule has 8 heteroatoms. The van der Waals surface area contributed by atoms with Crippen LogP contribution in [0.1, 0.15) is 54.2 Å². The van der Waals surface area contributed by atoms with Crippen molar-refractivity contribution in [3.8, 4) is 6.07 Å². The molecule has 186 valence electrons. The second kappa shape index (κ2) is 10.9. The lowest BCUT2D eigenvalue weighted by Crippen LogP contribution is -2.35. The maximum atomic E-state index is 12.9. The number of carbonyl (C=O) groups is 4. The average molecular weight is 496 g/mol. The fraction of sp³-hybridized carbons (Fsp3) is 0.207. The zero-order chi connectivity index (χ0) is 26.5. The summed E-state index contributed by atoms with van der Waals surface area (Å²) in [6.07, 6.45) is 0.131. The Morgan fingerprint density at radius 2 is 1.57 bits per heavy atom. The zero-order valence-corrected chi connectivity index (χ0v) is 20.6. The number of rotatable bonds is 8. The molecule has 0 aliphatic carbocycles. The van der Waals surface area contributed by atoms with Gasteiger partial charge in [0.1, 0.15) is 0 Å². The Kier molecular flexibility index (Phi) is 7.44. The van der Waals surface area contributed by atoms with Crippen molar-refractivity contribution in [2.24, 2.45) is 0 Å². The van der Waals surface area contributed by atoms with Gasteiger partial charge in [0.2, 0.25) is 0 Å². The third kappa shape index (κ3) is 5.57. The molecule has 3 aromatic rings. The zero-order valence-electron chi connectivity index (χ0n) is 20.6. The molecule has 4 rings (SSSR count). The van der Waals surface area contributed by atoms with Crippen molar-refractivity contribution in [2.45, 2.75) is 26.8 Å². The van der Waals surface area contributed by atoms with Gasteiger partial charge in [-0.2, -0.15) is 5.26 Å². The first-order valence-corrected chi connectivity index (χ1v) is 11.8. The normalized spacial score (nSPS) is 12.2. The van der Waals surface area contributed by atoms with E-state index in [0.717, 1.165) is 16.0 Å². The van der Waals surface area contributed by atoms with Gasteiger partial charge < -0.3 is 9.64 Å². The lowest BCUT2D eigenvalue weighted by Gasteiger charge is -2.22. The Morgan fingerprint density at radius 1 is 0.919 bits per heavy atom. The Morgan fingerprint density at radius 3 is 2.19 bits per heavy atom. The number of nitrogens with zero attached hydrogens (tertiary/aromatic N) is 3. The van der Waals surface area contributed by atoms with E-state index in [0.29, 0.717) is 22.4 Å². The van der Waals surface area contributed by atoms with Gasteiger partial charge >= 0.3 is 5.97 Å². The van der Waals surface area contributed by atoms with Crippen LogP contribution in [0, 0.1) is 25.2 Å². The highest BCUT2D eigenvalue weighted by atomic mass is 16.5. The molecule has 0 bridgehead atoms. The summed E-state index contributed by atoms with van der Waals surface area (Å²) in [6, 6.07) is 20.7. The summed E-state index contributed by atoms with van der Waals surface area (Å²) in [5, 5.41) is 9.01. The Balaban J connectivity index is 1.43. The first kappa shape index (κ1) is 25.3. The third-order valence-electron chi connectivity index (χ3n) is 5.97. The molecule has 0 saturated heterocycles. The van der Waals surface area contributed by atoms with E-state index in [1.807, 2.05) is 38.1 Å². The number of esters is 1. The largest absolute Gasteiger partial charge is 0.452 e. The maximum Gasteiger partial charge on any atom is 0.338 e. The van der Waals surface area contributed by atoms with Crippen LogP contribution in [-0.4, -0.2) is 41.7 Å². The first-order chi connectivity index (χ1) is 17.8. The van der Waals surface area contributed by atoms with E-state index in [1.54, 1.807) is 36.4 Å². The van der Waals surface area contributed by atoms with E-state index < -0.39 is 18.5 Å². The number of imide groups is 1. The molecule has 37 heavy (non-hydrogen) atoms. The molecule has 3 aromatic carbocycles. The molecule has 0 fully saturated rings. The molecule has 8 nitrogen and oxygen atoms in total. The number of hydrogen-bond acceptors (Lipinski definition) is 6. The van der Waals surface area contributed by atoms with Crippen LogP contribution in [0.15, 0.2) is 66.7 Å². The van der Waals surface area contributed by atoms with E-state index >= 15 is 0 Å². The molecule has 0 atom stereocenters. The van der Waals surface area contributed by atoms with Gasteiger partial charge in [-0.05, 0) is 66.9 Å². The summed E-state index contributed by atoms with van der Waals surface area (Å²) in [4.78, 5) is 53.6. The van der Waals surface area contributed by atoms with Crippen LogP contribution in [-0.2, 0) is 16.1 Å². The fourth-order valence-corrected chi connectivity index (χ4v) is 4.32. The van der Waals surface area contributed by atoms with E-state index in [9.17, 15) is 19.2 Å². The van der Waals surface area contributed by atoms with Gasteiger partial charge in [0, 0.05) is 12.2 Å². The van der Waals surface area contributed by atoms with Crippen LogP contribution < -0.4 is 4.90 Å². The van der Waals surface area contributed by atoms with Gasteiger partial charge in [0.25, 0.3) is 17.7 Å². The van der Waals surface area contributed by atoms with Crippen LogP contribution in [0.2, 0.25) is 0 Å². The number of nitriles is 1. The van der Waals surface area contributed by atoms with Crippen molar-refractivity contribution in [3.05, 3.63) is 100 Å². The van der Waals surface area contributed by atoms with Crippen LogP contribution in [0.3, 0.4) is 0 Å². The van der Waals surface area contributed by atoms with Crippen molar-refractivity contribution in [2.75, 3.05) is 18.1 Å². The van der Waals surface area contributed by atoms with Gasteiger partial charge in [-0.15, -0.1) is 0 Å². The predicted octanol–water partition coefficient (Wildman–Crippen LogP) is 4.20. The fourth-order valence-electron chi connectivity index (χ4n) is 4.32. The Hall–Kier alpha value is -4.77. The van der Waals surface area contributed by atoms with Crippen LogP contribution in [0.5, 0.6) is 0 Å². The predicted molar refractivity (Wildman–Crippen MR) is 136 cm³/mol. The van der Waals surface area contributed by atoms with Crippen molar-refractivity contribution in [3.63, 3.8) is 0 Å². The maximum absolute atomic E-state index is 12.9. The number of benzene rings is 3. The summed E-state index contributed by atoms with van der Waals surface area (Å²) in [6.45, 7) is 3.50. The molecular formula is C29H25N3O5. The number of hydrogen-bond donors (Lipinski definition) is 0. The number of aryl methyl sites for hydroxylation is 2. The standard InChI is InChI=1S/C29H25N3O5/c1-19-13-20(2)15-23(14-19)31(12-6-11-30)26(33)18-37-29(36)22-8-5-7-21(16-22)17-32-27(34)24-9-3-4-10-25(24)28(32)35/h3-5,7-10,13-16H,6,12,17-18H2,1-2H3. The molecule has 0 N–H and O–H groups in total. The smallest absolute Gasteiger partial charge is 0.338 e. The third-order valence-corrected chi connectivity index (χ3v) is 5.97. The van der Waals surface area contributed by atoms with Gasteiger partial charge in [-0.1, -0.05) is 30.3 Å². The SMILES string of the molecule is Cc1cc(C)cc(N(CCC#N)C(=O)COC(=O)c2cccc(CN3C(=O)c4ccccc4C3=O)c2)c1. The van der Waals surface area contributed by atoms with Crippen molar-refractivity contribution >= 4 is 29.4 Å². The highest BCUT2D eigenvalue weighted by molar-refractivity contribution is 6.21. The van der Waals surface area contributed by atoms with Gasteiger partial charge in [0.05, 0.1) is 35.7 Å². The van der Waals surface area contributed by atoms with E-state index in [-0.39, 0.29) is 36.9 Å². The lowest BCUT2D eigenvalue weighted by molar-refractivity contribution is -0.121. The average Bonchev–Trinajstić information content (AvgIpc) is 3.12. The number of anilines is 1. The molecule has 1 heterocycles. The minimum Gasteiger partial charge on any atom is -0.452 e. The van der Waals surface area contributed by atoms with E-state index in [4.69, 9.17) is 10.00 Å². The molecule has 1 aliphatic rings. The minimum atomic E-state index is -0.710. The van der Waals surface area contributed by atoms with E-state index in [2.05, 4.69) is 0 Å². The highest BCUT2D eigenvalue weighted by Crippen LogP contribution is 2.25. The highest BCUT2D eigenvalue weighted by Gasteiger charge is 2.35. The molecule has 0 radical (unpaired) electrons. The van der Waals surface area contributed by atoms with Crippen LogP contribution >= 0.6 is 0 Å². The molecule has 0 saturated carbocycles. The lowest BCUT2D eigenvalue weighted by atomic mass is 10.1. The van der Waals surface area contributed by atoms with Gasteiger partial charge in [-0.25, -0.2) is 4.79 Å². The number of ether oxygens (including phenoxy) is 1. The minimum absolute atomic E-state index is 0.00104. The Labute approximate surface area is 214 Å². The Bertz CT molecular complexity index is 1380. The molecule has 1 aliphatic heterocycles. The van der Waals surface area contributed by atoms with Crippen LogP contribution in [0.25, 0.3) is 0 Å². The molecule has 3 amide bonds. The quantitative estimate of drug-likeness (QED) is 0.342. The topological polar surface area (TPSA) is 108 Å². The summed E-state index contributed by atoms with van der Waals surface area (Å²) < 4.78 is 5.29. The van der Waals surface area contributed by atoms with Crippen molar-refractivity contribution < 1.29 is 23.9 Å². The second-order valence-corrected chi connectivity index (χ2v) is 8.82. The summed E-state index contributed by atoms with van der Waals surface area (Å²) >= 11 is 0. The van der Waals surface area contributed by atoms with Crippen molar-refractivity contribution in [1.82, 2.24) is 4.90 Å². The summed E-state index contributed by atoms with van der Waals surface area (Å²) in [7, 11) is 0. The number of fused-ring (bicyclic) bond motifs is 1. The van der Waals surface area contributed by atoms with Crippen LogP contribution in [0.4, 0.5) is 5.69 Å². The molecule has 0 spiro atoms. The van der Waals surface area contributed by atoms with E-state index in [1.165, 1.54) is 17.0 Å². The summed E-state index contributed by atoms with van der Waals surface area (Å²) in [5.41, 5.74) is 4.04. The van der Waals surface area contributed by atoms with Gasteiger partial charge in [-0.3, -0.25) is 19.3 Å². The number of amides is 3. The summed E-state index contributed by atoms with van der Waals surface area (Å²) in [5.74, 6) is -1.93. The first-order valence-electron chi connectivity index (χ1n) is 11.8. The molecule has 0 unspecified atom stereocenters. The van der Waals surface area contributed by atoms with Gasteiger partial charge in [0.15, 0.2) is 6.61 Å².